The Bertz CT molecular complexity index is 677. The Labute approximate surface area is 128 Å². The highest BCUT2D eigenvalue weighted by atomic mass is 16.4. The molecule has 0 unspecified atom stereocenters. The molecule has 1 aliphatic heterocycles. The zero-order valence-corrected chi connectivity index (χ0v) is 12.1. The SMILES string of the molecule is O=C(O)[C@H]1CCCN(C(=O)c2occc2-c2ccccc2)C1. The lowest BCUT2D eigenvalue weighted by Gasteiger charge is -2.30. The van der Waals surface area contributed by atoms with Gasteiger partial charge in [-0.05, 0) is 24.5 Å². The summed E-state index contributed by atoms with van der Waals surface area (Å²) in [6.07, 6.45) is 2.81. The number of rotatable bonds is 3. The smallest absolute Gasteiger partial charge is 0.308 e. The van der Waals surface area contributed by atoms with E-state index in [0.717, 1.165) is 11.1 Å². The molecule has 114 valence electrons. The number of carboxylic acid groups (broad SMARTS) is 1. The molecule has 0 radical (unpaired) electrons. The van der Waals surface area contributed by atoms with Crippen molar-refractivity contribution in [1.29, 1.82) is 0 Å². The lowest BCUT2D eigenvalue weighted by molar-refractivity contribution is -0.143. The van der Waals surface area contributed by atoms with Crippen molar-refractivity contribution < 1.29 is 19.1 Å². The van der Waals surface area contributed by atoms with Crippen molar-refractivity contribution in [2.75, 3.05) is 13.1 Å². The minimum absolute atomic E-state index is 0.239. The predicted octanol–water partition coefficient (Wildman–Crippen LogP) is 2.88. The third-order valence-corrected chi connectivity index (χ3v) is 4.00. The van der Waals surface area contributed by atoms with Crippen molar-refractivity contribution in [3.8, 4) is 11.1 Å². The highest BCUT2D eigenvalue weighted by molar-refractivity contribution is 5.98. The standard InChI is InChI=1S/C17H17NO4/c19-16(18-9-4-7-13(11-18)17(20)21)15-14(8-10-22-15)12-5-2-1-3-6-12/h1-3,5-6,8,10,13H,4,7,9,11H2,(H,20,21)/t13-/m0/s1. The second kappa shape index (κ2) is 6.05. The van der Waals surface area contributed by atoms with Crippen LogP contribution < -0.4 is 0 Å². The molecule has 1 aliphatic rings. The molecular weight excluding hydrogens is 282 g/mol. The maximum atomic E-state index is 12.7. The highest BCUT2D eigenvalue weighted by Gasteiger charge is 2.31. The first-order valence-corrected chi connectivity index (χ1v) is 7.32. The van der Waals surface area contributed by atoms with E-state index in [1.165, 1.54) is 6.26 Å². The van der Waals surface area contributed by atoms with Crippen LogP contribution in [0, 0.1) is 5.92 Å². The Hall–Kier alpha value is -2.56. The summed E-state index contributed by atoms with van der Waals surface area (Å²) in [4.78, 5) is 25.4. The van der Waals surface area contributed by atoms with Crippen LogP contribution in [0.2, 0.25) is 0 Å². The van der Waals surface area contributed by atoms with Gasteiger partial charge in [-0.1, -0.05) is 30.3 Å². The van der Waals surface area contributed by atoms with Crippen LogP contribution in [0.5, 0.6) is 0 Å². The Morgan fingerprint density at radius 1 is 1.18 bits per heavy atom. The molecule has 22 heavy (non-hydrogen) atoms. The van der Waals surface area contributed by atoms with Crippen molar-refractivity contribution in [3.63, 3.8) is 0 Å². The first kappa shape index (κ1) is 14.4. The molecule has 2 aromatic rings. The van der Waals surface area contributed by atoms with Gasteiger partial charge in [0.25, 0.3) is 5.91 Å². The monoisotopic (exact) mass is 299 g/mol. The molecule has 1 amide bonds. The van der Waals surface area contributed by atoms with E-state index in [-0.39, 0.29) is 18.2 Å². The van der Waals surface area contributed by atoms with Gasteiger partial charge in [-0.15, -0.1) is 0 Å². The van der Waals surface area contributed by atoms with Gasteiger partial charge in [-0.3, -0.25) is 9.59 Å². The second-order valence-electron chi connectivity index (χ2n) is 5.46. The minimum atomic E-state index is -0.847. The van der Waals surface area contributed by atoms with Crippen molar-refractivity contribution in [1.82, 2.24) is 4.90 Å². The summed E-state index contributed by atoms with van der Waals surface area (Å²) in [6.45, 7) is 0.806. The zero-order valence-electron chi connectivity index (χ0n) is 12.1. The molecule has 1 N–H and O–H groups in total. The third kappa shape index (κ3) is 2.74. The fourth-order valence-electron chi connectivity index (χ4n) is 2.83. The summed E-state index contributed by atoms with van der Waals surface area (Å²) in [5.74, 6) is -1.31. The van der Waals surface area contributed by atoms with Crippen LogP contribution in [0.15, 0.2) is 47.1 Å². The molecule has 5 heteroatoms. The summed E-state index contributed by atoms with van der Waals surface area (Å²) in [6, 6.07) is 11.3. The highest BCUT2D eigenvalue weighted by Crippen LogP contribution is 2.27. The minimum Gasteiger partial charge on any atom is -0.481 e. The van der Waals surface area contributed by atoms with Gasteiger partial charge in [0.1, 0.15) is 0 Å². The number of carbonyl (C=O) groups excluding carboxylic acids is 1. The van der Waals surface area contributed by atoms with Gasteiger partial charge in [-0.2, -0.15) is 0 Å². The molecule has 2 heterocycles. The zero-order chi connectivity index (χ0) is 15.5. The van der Waals surface area contributed by atoms with E-state index in [4.69, 9.17) is 9.52 Å². The van der Waals surface area contributed by atoms with Gasteiger partial charge in [0.2, 0.25) is 0 Å². The first-order valence-electron chi connectivity index (χ1n) is 7.32. The molecule has 3 rings (SSSR count). The number of hydrogen-bond acceptors (Lipinski definition) is 3. The number of aliphatic carboxylic acids is 1. The molecule has 0 saturated carbocycles. The largest absolute Gasteiger partial charge is 0.481 e. The molecule has 0 aliphatic carbocycles. The molecule has 0 bridgehead atoms. The number of hydrogen-bond donors (Lipinski definition) is 1. The Balaban J connectivity index is 1.84. The number of likely N-dealkylation sites (tertiary alicyclic amines) is 1. The molecule has 1 aromatic carbocycles. The number of piperidine rings is 1. The Morgan fingerprint density at radius 3 is 2.68 bits per heavy atom. The number of benzene rings is 1. The average molecular weight is 299 g/mol. The van der Waals surface area contributed by atoms with Gasteiger partial charge in [0.15, 0.2) is 5.76 Å². The summed E-state index contributed by atoms with van der Waals surface area (Å²) in [5, 5.41) is 9.14. The Morgan fingerprint density at radius 2 is 1.95 bits per heavy atom. The quantitative estimate of drug-likeness (QED) is 0.946. The van der Waals surface area contributed by atoms with E-state index in [0.29, 0.717) is 19.4 Å². The predicted molar refractivity (Wildman–Crippen MR) is 80.4 cm³/mol. The van der Waals surface area contributed by atoms with Gasteiger partial charge in [0, 0.05) is 18.7 Å². The maximum Gasteiger partial charge on any atom is 0.308 e. The normalized spacial score (nSPS) is 18.2. The van der Waals surface area contributed by atoms with E-state index >= 15 is 0 Å². The van der Waals surface area contributed by atoms with E-state index < -0.39 is 11.9 Å². The summed E-state index contributed by atoms with van der Waals surface area (Å²) in [7, 11) is 0. The van der Waals surface area contributed by atoms with Crippen molar-refractivity contribution in [2.45, 2.75) is 12.8 Å². The van der Waals surface area contributed by atoms with Crippen LogP contribution in [-0.2, 0) is 4.79 Å². The Kier molecular flexibility index (Phi) is 3.96. The number of nitrogens with zero attached hydrogens (tertiary/aromatic N) is 1. The average Bonchev–Trinajstić information content (AvgIpc) is 3.04. The molecular formula is C17H17NO4. The fourth-order valence-corrected chi connectivity index (χ4v) is 2.83. The summed E-state index contributed by atoms with van der Waals surface area (Å²) in [5.41, 5.74) is 1.65. The van der Waals surface area contributed by atoms with Gasteiger partial charge < -0.3 is 14.4 Å². The van der Waals surface area contributed by atoms with Crippen molar-refractivity contribution >= 4 is 11.9 Å². The fraction of sp³-hybridized carbons (Fsp3) is 0.294. The summed E-state index contributed by atoms with van der Waals surface area (Å²) < 4.78 is 5.39. The van der Waals surface area contributed by atoms with Gasteiger partial charge in [0.05, 0.1) is 12.2 Å². The van der Waals surface area contributed by atoms with Crippen LogP contribution in [0.25, 0.3) is 11.1 Å². The van der Waals surface area contributed by atoms with Crippen molar-refractivity contribution in [3.05, 3.63) is 48.4 Å². The van der Waals surface area contributed by atoms with E-state index in [1.54, 1.807) is 11.0 Å². The van der Waals surface area contributed by atoms with Crippen LogP contribution in [0.4, 0.5) is 0 Å². The molecule has 5 nitrogen and oxygen atoms in total. The van der Waals surface area contributed by atoms with E-state index in [2.05, 4.69) is 0 Å². The molecule has 1 saturated heterocycles. The van der Waals surface area contributed by atoms with E-state index in [1.807, 2.05) is 30.3 Å². The topological polar surface area (TPSA) is 70.8 Å². The van der Waals surface area contributed by atoms with Crippen LogP contribution >= 0.6 is 0 Å². The van der Waals surface area contributed by atoms with Gasteiger partial charge in [-0.25, -0.2) is 0 Å². The lowest BCUT2D eigenvalue weighted by Crippen LogP contribution is -2.42. The molecule has 1 fully saturated rings. The number of furan rings is 1. The van der Waals surface area contributed by atoms with Crippen LogP contribution in [0.3, 0.4) is 0 Å². The molecule has 0 spiro atoms. The number of amides is 1. The van der Waals surface area contributed by atoms with Crippen LogP contribution in [-0.4, -0.2) is 35.0 Å². The number of carboxylic acids is 1. The molecule has 1 aromatic heterocycles. The summed E-state index contributed by atoms with van der Waals surface area (Å²) >= 11 is 0. The lowest BCUT2D eigenvalue weighted by atomic mass is 9.97. The first-order chi connectivity index (χ1) is 10.7. The second-order valence-corrected chi connectivity index (χ2v) is 5.46. The van der Waals surface area contributed by atoms with Gasteiger partial charge >= 0.3 is 5.97 Å². The molecule has 1 atom stereocenters. The van der Waals surface area contributed by atoms with E-state index in [9.17, 15) is 9.59 Å². The third-order valence-electron chi connectivity index (χ3n) is 4.00. The van der Waals surface area contributed by atoms with Crippen LogP contribution in [0.1, 0.15) is 23.4 Å². The number of carbonyl (C=O) groups is 2. The van der Waals surface area contributed by atoms with Crippen molar-refractivity contribution in [2.24, 2.45) is 5.92 Å². The maximum absolute atomic E-state index is 12.7.